The quantitative estimate of drug-likeness (QED) is 0.803. The normalized spacial score (nSPS) is 14.8. The van der Waals surface area contributed by atoms with Crippen LogP contribution in [0, 0.1) is 0 Å². The van der Waals surface area contributed by atoms with E-state index in [9.17, 15) is 4.79 Å². The summed E-state index contributed by atoms with van der Waals surface area (Å²) >= 11 is 7.31. The van der Waals surface area contributed by atoms with Gasteiger partial charge in [0, 0.05) is 6.54 Å². The first-order valence-electron chi connectivity index (χ1n) is 4.98. The van der Waals surface area contributed by atoms with Crippen LogP contribution in [0.5, 0.6) is 0 Å². The van der Waals surface area contributed by atoms with Gasteiger partial charge >= 0.3 is 0 Å². The number of hydrogen-bond acceptors (Lipinski definition) is 4. The summed E-state index contributed by atoms with van der Waals surface area (Å²) in [4.78, 5) is 13.5. The summed E-state index contributed by atoms with van der Waals surface area (Å²) in [6.07, 6.45) is 2.74. The molecule has 1 aliphatic rings. The first kappa shape index (κ1) is 11.7. The molecule has 2 rings (SSSR count). The van der Waals surface area contributed by atoms with Crippen LogP contribution in [0.4, 0.5) is 0 Å². The van der Waals surface area contributed by atoms with Crippen molar-refractivity contribution in [3.63, 3.8) is 0 Å². The van der Waals surface area contributed by atoms with Crippen molar-refractivity contribution in [3.05, 3.63) is 22.5 Å². The van der Waals surface area contributed by atoms with Crippen molar-refractivity contribution in [3.8, 4) is 0 Å². The van der Waals surface area contributed by atoms with Gasteiger partial charge in [-0.15, -0.1) is 5.10 Å². The van der Waals surface area contributed by atoms with Gasteiger partial charge in [-0.1, -0.05) is 11.6 Å². The molecule has 1 amide bonds. The fourth-order valence-electron chi connectivity index (χ4n) is 1.72. The van der Waals surface area contributed by atoms with Crippen molar-refractivity contribution in [1.29, 1.82) is 0 Å². The molecule has 0 saturated carbocycles. The minimum Gasteiger partial charge on any atom is -0.336 e. The molecule has 0 bridgehead atoms. The lowest BCUT2D eigenvalue weighted by molar-refractivity contribution is -0.129. The maximum atomic E-state index is 11.7. The van der Waals surface area contributed by atoms with Gasteiger partial charge in [0.15, 0.2) is 5.15 Å². The van der Waals surface area contributed by atoms with Gasteiger partial charge in [0.1, 0.15) is 0 Å². The maximum Gasteiger partial charge on any atom is 0.232 e. The van der Waals surface area contributed by atoms with Gasteiger partial charge in [-0.25, -0.2) is 0 Å². The van der Waals surface area contributed by atoms with Crippen molar-refractivity contribution in [2.24, 2.45) is 0 Å². The SMILES string of the molecule is CSCC(=O)N1CCc2cc(Cl)nnc2C1. The lowest BCUT2D eigenvalue weighted by atomic mass is 10.1. The molecule has 0 atom stereocenters. The Morgan fingerprint density at radius 2 is 2.44 bits per heavy atom. The predicted molar refractivity (Wildman–Crippen MR) is 64.5 cm³/mol. The molecule has 2 heterocycles. The number of rotatable bonds is 2. The molecule has 0 radical (unpaired) electrons. The summed E-state index contributed by atoms with van der Waals surface area (Å²) in [6, 6.07) is 1.83. The Morgan fingerprint density at radius 3 is 3.19 bits per heavy atom. The largest absolute Gasteiger partial charge is 0.336 e. The number of carbonyl (C=O) groups excluding carboxylic acids is 1. The summed E-state index contributed by atoms with van der Waals surface area (Å²) in [7, 11) is 0. The molecule has 86 valence electrons. The molecule has 0 saturated heterocycles. The summed E-state index contributed by atoms with van der Waals surface area (Å²) in [5.41, 5.74) is 1.97. The lowest BCUT2D eigenvalue weighted by Gasteiger charge is -2.27. The molecular weight excluding hydrogens is 246 g/mol. The zero-order valence-electron chi connectivity index (χ0n) is 8.94. The molecule has 0 unspecified atom stereocenters. The fraction of sp³-hybridized carbons (Fsp3) is 0.500. The van der Waals surface area contributed by atoms with E-state index >= 15 is 0 Å². The third-order valence-corrected chi connectivity index (χ3v) is 3.26. The van der Waals surface area contributed by atoms with E-state index in [0.29, 0.717) is 17.5 Å². The number of hydrogen-bond donors (Lipinski definition) is 0. The Kier molecular flexibility index (Phi) is 3.66. The first-order valence-corrected chi connectivity index (χ1v) is 6.75. The number of nitrogens with zero attached hydrogens (tertiary/aromatic N) is 3. The van der Waals surface area contributed by atoms with Crippen LogP contribution >= 0.6 is 23.4 Å². The Morgan fingerprint density at radius 1 is 1.62 bits per heavy atom. The summed E-state index contributed by atoms with van der Waals surface area (Å²) in [6.45, 7) is 1.30. The molecule has 16 heavy (non-hydrogen) atoms. The molecule has 0 fully saturated rings. The number of fused-ring (bicyclic) bond motifs is 1. The predicted octanol–water partition coefficient (Wildman–Crippen LogP) is 1.38. The lowest BCUT2D eigenvalue weighted by Crippen LogP contribution is -2.37. The van der Waals surface area contributed by atoms with Crippen LogP contribution < -0.4 is 0 Å². The second-order valence-corrected chi connectivity index (χ2v) is 4.89. The Bertz CT molecular complexity index is 413. The molecule has 1 aromatic heterocycles. The van der Waals surface area contributed by atoms with Crippen LogP contribution in [0.25, 0.3) is 0 Å². The average molecular weight is 258 g/mol. The third kappa shape index (κ3) is 2.47. The molecule has 0 spiro atoms. The van der Waals surface area contributed by atoms with E-state index in [1.54, 1.807) is 0 Å². The third-order valence-electron chi connectivity index (χ3n) is 2.54. The Labute approximate surface area is 103 Å². The number of aromatic nitrogens is 2. The van der Waals surface area contributed by atoms with Crippen molar-refractivity contribution in [1.82, 2.24) is 15.1 Å². The monoisotopic (exact) mass is 257 g/mol. The van der Waals surface area contributed by atoms with Gasteiger partial charge in [-0.05, 0) is 24.3 Å². The number of carbonyl (C=O) groups is 1. The fourth-order valence-corrected chi connectivity index (χ4v) is 2.32. The van der Waals surface area contributed by atoms with Gasteiger partial charge in [-0.3, -0.25) is 4.79 Å². The van der Waals surface area contributed by atoms with E-state index in [4.69, 9.17) is 11.6 Å². The Balaban J connectivity index is 2.12. The minimum atomic E-state index is 0.162. The topological polar surface area (TPSA) is 46.1 Å². The molecule has 0 aliphatic carbocycles. The van der Waals surface area contributed by atoms with Gasteiger partial charge in [-0.2, -0.15) is 16.9 Å². The van der Waals surface area contributed by atoms with Gasteiger partial charge < -0.3 is 4.90 Å². The van der Waals surface area contributed by atoms with Gasteiger partial charge in [0.05, 0.1) is 18.0 Å². The van der Waals surface area contributed by atoms with Gasteiger partial charge in [0.25, 0.3) is 0 Å². The highest BCUT2D eigenvalue weighted by Gasteiger charge is 2.21. The van der Waals surface area contributed by atoms with E-state index in [2.05, 4.69) is 10.2 Å². The van der Waals surface area contributed by atoms with Crippen molar-refractivity contribution < 1.29 is 4.79 Å². The maximum absolute atomic E-state index is 11.7. The second kappa shape index (κ2) is 5.01. The highest BCUT2D eigenvalue weighted by Crippen LogP contribution is 2.19. The van der Waals surface area contributed by atoms with Gasteiger partial charge in [0.2, 0.25) is 5.91 Å². The molecular formula is C10H12ClN3OS. The summed E-state index contributed by atoms with van der Waals surface area (Å²) < 4.78 is 0. The second-order valence-electron chi connectivity index (χ2n) is 3.64. The van der Waals surface area contributed by atoms with E-state index in [-0.39, 0.29) is 5.91 Å². The van der Waals surface area contributed by atoms with Crippen LogP contribution in [0.15, 0.2) is 6.07 Å². The molecule has 6 heteroatoms. The van der Waals surface area contributed by atoms with E-state index in [1.807, 2.05) is 17.2 Å². The molecule has 0 aromatic carbocycles. The zero-order valence-corrected chi connectivity index (χ0v) is 10.5. The van der Waals surface area contributed by atoms with Crippen LogP contribution in [0.1, 0.15) is 11.3 Å². The number of thioether (sulfide) groups is 1. The molecule has 4 nitrogen and oxygen atoms in total. The standard InChI is InChI=1S/C10H12ClN3OS/c1-16-6-10(15)14-3-2-7-4-9(11)13-12-8(7)5-14/h4H,2-3,5-6H2,1H3. The van der Waals surface area contributed by atoms with Crippen molar-refractivity contribution >= 4 is 29.3 Å². The van der Waals surface area contributed by atoms with Crippen LogP contribution in [-0.4, -0.2) is 39.6 Å². The highest BCUT2D eigenvalue weighted by molar-refractivity contribution is 7.99. The summed E-state index contributed by atoms with van der Waals surface area (Å²) in [5.74, 6) is 0.686. The highest BCUT2D eigenvalue weighted by atomic mass is 35.5. The average Bonchev–Trinajstić information content (AvgIpc) is 2.28. The number of halogens is 1. The van der Waals surface area contributed by atoms with E-state index in [0.717, 1.165) is 24.2 Å². The first-order chi connectivity index (χ1) is 7.70. The smallest absolute Gasteiger partial charge is 0.232 e. The van der Waals surface area contributed by atoms with Crippen molar-refractivity contribution in [2.45, 2.75) is 13.0 Å². The minimum absolute atomic E-state index is 0.162. The van der Waals surface area contributed by atoms with Crippen LogP contribution in [0.2, 0.25) is 5.15 Å². The summed E-state index contributed by atoms with van der Waals surface area (Å²) in [5, 5.41) is 8.25. The van der Waals surface area contributed by atoms with Crippen LogP contribution in [-0.2, 0) is 17.8 Å². The van der Waals surface area contributed by atoms with Crippen LogP contribution in [0.3, 0.4) is 0 Å². The Hall–Kier alpha value is -0.810. The van der Waals surface area contributed by atoms with E-state index < -0.39 is 0 Å². The molecule has 1 aromatic rings. The van der Waals surface area contributed by atoms with E-state index in [1.165, 1.54) is 11.8 Å². The number of amides is 1. The molecule has 0 N–H and O–H groups in total. The molecule has 1 aliphatic heterocycles. The zero-order chi connectivity index (χ0) is 11.5. The van der Waals surface area contributed by atoms with Crippen molar-refractivity contribution in [2.75, 3.05) is 18.6 Å².